The summed E-state index contributed by atoms with van der Waals surface area (Å²) in [5, 5.41) is 2.00. The summed E-state index contributed by atoms with van der Waals surface area (Å²) >= 11 is 0. The van der Waals surface area contributed by atoms with E-state index in [2.05, 4.69) is 6.58 Å². The number of nitrogens with zero attached hydrogens (tertiary/aromatic N) is 1. The van der Waals surface area contributed by atoms with Gasteiger partial charge >= 0.3 is 11.9 Å². The van der Waals surface area contributed by atoms with Crippen molar-refractivity contribution in [2.45, 2.75) is 32.6 Å². The molecule has 0 atom stereocenters. The number of hydrogen-bond donors (Lipinski definition) is 0. The number of unbranched alkanes of at least 4 members (excludes halogenated alkanes) is 3. The van der Waals surface area contributed by atoms with E-state index in [9.17, 15) is 14.4 Å². The van der Waals surface area contributed by atoms with Gasteiger partial charge in [0.25, 0.3) is 5.91 Å². The lowest BCUT2D eigenvalue weighted by atomic mass is 9.96. The number of ether oxygens (including phenoxy) is 3. The molecule has 7 nitrogen and oxygen atoms in total. The van der Waals surface area contributed by atoms with E-state index in [1.807, 2.05) is 49.4 Å². The van der Waals surface area contributed by atoms with E-state index in [4.69, 9.17) is 14.2 Å². The molecule has 0 unspecified atom stereocenters. The Bertz CT molecular complexity index is 1610. The zero-order valence-electron chi connectivity index (χ0n) is 23.6. The molecule has 0 radical (unpaired) electrons. The molecule has 7 heteroatoms. The second-order valence-corrected chi connectivity index (χ2v) is 9.98. The smallest absolute Gasteiger partial charge is 0.343 e. The highest BCUT2D eigenvalue weighted by molar-refractivity contribution is 6.26. The number of amides is 1. The van der Waals surface area contributed by atoms with Crippen LogP contribution in [0.25, 0.3) is 21.9 Å². The lowest BCUT2D eigenvalue weighted by Crippen LogP contribution is -2.25. The van der Waals surface area contributed by atoms with Gasteiger partial charge in [0, 0.05) is 23.6 Å². The second kappa shape index (κ2) is 13.2. The van der Waals surface area contributed by atoms with Crippen LogP contribution in [0.3, 0.4) is 0 Å². The number of anilines is 1. The quantitative estimate of drug-likeness (QED) is 0.0731. The van der Waals surface area contributed by atoms with E-state index in [-0.39, 0.29) is 5.91 Å². The maximum absolute atomic E-state index is 12.8. The van der Waals surface area contributed by atoms with Crippen LogP contribution in [0.4, 0.5) is 5.69 Å². The molecule has 1 aliphatic rings. The average molecular weight is 564 g/mol. The first-order chi connectivity index (χ1) is 20.5. The molecule has 0 fully saturated rings. The maximum atomic E-state index is 12.8. The number of benzene rings is 4. The van der Waals surface area contributed by atoms with Crippen molar-refractivity contribution < 1.29 is 28.6 Å². The molecular formula is C35H33NO6. The van der Waals surface area contributed by atoms with E-state index in [1.165, 1.54) is 6.08 Å². The van der Waals surface area contributed by atoms with Crippen molar-refractivity contribution >= 4 is 34.3 Å². The molecule has 214 valence electrons. The Balaban J connectivity index is 1.14. The first-order valence-corrected chi connectivity index (χ1v) is 14.2. The lowest BCUT2D eigenvalue weighted by Gasteiger charge is -2.15. The van der Waals surface area contributed by atoms with Crippen LogP contribution in [0.2, 0.25) is 0 Å². The summed E-state index contributed by atoms with van der Waals surface area (Å²) in [5.74, 6) is 0.327. The van der Waals surface area contributed by atoms with E-state index in [0.717, 1.165) is 58.8 Å². The van der Waals surface area contributed by atoms with Gasteiger partial charge in [-0.2, -0.15) is 0 Å². The zero-order chi connectivity index (χ0) is 29.5. The number of esters is 2. The van der Waals surface area contributed by atoms with Crippen LogP contribution in [-0.4, -0.2) is 37.6 Å². The van der Waals surface area contributed by atoms with E-state index >= 15 is 0 Å². The van der Waals surface area contributed by atoms with Gasteiger partial charge in [0.2, 0.25) is 0 Å². The Morgan fingerprint density at radius 2 is 1.52 bits per heavy atom. The van der Waals surface area contributed by atoms with Crippen molar-refractivity contribution in [1.29, 1.82) is 0 Å². The molecule has 4 aromatic carbocycles. The normalized spacial score (nSPS) is 11.9. The van der Waals surface area contributed by atoms with Crippen molar-refractivity contribution in [2.24, 2.45) is 0 Å². The molecule has 0 saturated heterocycles. The predicted octanol–water partition coefficient (Wildman–Crippen LogP) is 7.37. The van der Waals surface area contributed by atoms with E-state index < -0.39 is 11.9 Å². The van der Waals surface area contributed by atoms with Gasteiger partial charge in [-0.05, 0) is 97.7 Å². The number of rotatable bonds is 13. The summed E-state index contributed by atoms with van der Waals surface area (Å²) in [4.78, 5) is 38.4. The first-order valence-electron chi connectivity index (χ1n) is 14.2. The number of carbonyl (C=O) groups is 3. The van der Waals surface area contributed by atoms with Crippen LogP contribution >= 0.6 is 0 Å². The molecular weight excluding hydrogens is 530 g/mol. The fourth-order valence-corrected chi connectivity index (χ4v) is 5.15. The Hall–Kier alpha value is -4.91. The van der Waals surface area contributed by atoms with Gasteiger partial charge in [0.1, 0.15) is 11.5 Å². The Labute approximate surface area is 245 Å². The summed E-state index contributed by atoms with van der Waals surface area (Å²) in [6.07, 6.45) is 4.77. The molecule has 0 N–H and O–H groups in total. The van der Waals surface area contributed by atoms with Crippen molar-refractivity contribution in [2.75, 3.05) is 24.7 Å². The third kappa shape index (κ3) is 6.20. The summed E-state index contributed by atoms with van der Waals surface area (Å²) in [6, 6.07) is 24.2. The summed E-state index contributed by atoms with van der Waals surface area (Å²) in [5.41, 5.74) is 4.09. The molecule has 0 aromatic heterocycles. The molecule has 1 aliphatic heterocycles. The van der Waals surface area contributed by atoms with Crippen LogP contribution in [0.15, 0.2) is 91.5 Å². The van der Waals surface area contributed by atoms with Gasteiger partial charge in [-0.3, -0.25) is 4.79 Å². The fraction of sp³-hybridized carbons (Fsp3) is 0.229. The van der Waals surface area contributed by atoms with Crippen LogP contribution in [0.5, 0.6) is 11.5 Å². The van der Waals surface area contributed by atoms with Crippen molar-refractivity contribution in [3.8, 4) is 22.6 Å². The number of carbonyl (C=O) groups excluding carboxylic acids is 3. The Kier molecular flexibility index (Phi) is 8.97. The highest BCUT2D eigenvalue weighted by Crippen LogP contribution is 2.41. The monoisotopic (exact) mass is 563 g/mol. The molecule has 0 bridgehead atoms. The highest BCUT2D eigenvalue weighted by Gasteiger charge is 2.29. The van der Waals surface area contributed by atoms with Crippen molar-refractivity contribution in [3.05, 3.63) is 103 Å². The predicted molar refractivity (Wildman–Crippen MR) is 163 cm³/mol. The largest absolute Gasteiger partial charge is 0.494 e. The fourth-order valence-electron chi connectivity index (χ4n) is 5.15. The van der Waals surface area contributed by atoms with Crippen LogP contribution in [-0.2, 0) is 9.53 Å². The topological polar surface area (TPSA) is 82.1 Å². The molecule has 1 heterocycles. The van der Waals surface area contributed by atoms with Crippen LogP contribution < -0.4 is 14.4 Å². The zero-order valence-corrected chi connectivity index (χ0v) is 23.6. The lowest BCUT2D eigenvalue weighted by molar-refractivity contribution is -0.137. The summed E-state index contributed by atoms with van der Waals surface area (Å²) in [7, 11) is 0. The first kappa shape index (κ1) is 28.6. The van der Waals surface area contributed by atoms with Crippen molar-refractivity contribution in [1.82, 2.24) is 0 Å². The van der Waals surface area contributed by atoms with Gasteiger partial charge in [-0.1, -0.05) is 36.9 Å². The minimum atomic E-state index is -0.449. The third-order valence-electron chi connectivity index (χ3n) is 7.29. The molecule has 42 heavy (non-hydrogen) atoms. The highest BCUT2D eigenvalue weighted by atomic mass is 16.5. The van der Waals surface area contributed by atoms with E-state index in [1.54, 1.807) is 41.3 Å². The second-order valence-electron chi connectivity index (χ2n) is 9.98. The van der Waals surface area contributed by atoms with Gasteiger partial charge in [-0.25, -0.2) is 9.59 Å². The van der Waals surface area contributed by atoms with Gasteiger partial charge in [0.05, 0.1) is 24.5 Å². The Morgan fingerprint density at radius 3 is 2.24 bits per heavy atom. The molecule has 0 spiro atoms. The average Bonchev–Trinajstić information content (AvgIpc) is 3.30. The minimum absolute atomic E-state index is 0.0366. The maximum Gasteiger partial charge on any atom is 0.343 e. The van der Waals surface area contributed by atoms with Crippen LogP contribution in [0.1, 0.15) is 53.3 Å². The van der Waals surface area contributed by atoms with Crippen molar-refractivity contribution in [3.63, 3.8) is 0 Å². The van der Waals surface area contributed by atoms with E-state index in [0.29, 0.717) is 36.8 Å². The molecule has 0 saturated carbocycles. The standard InChI is InChI=1S/C35H33NO6/c1-3-32(37)41-23-8-6-5-7-22-40-26-16-14-25(15-17-26)35(39)42-27-18-12-24(13-19-27)28-20-21-31-33-29(28)10-9-11-30(33)34(38)36(31)4-2/h3,9-21H,1,4-8,22-23H2,2H3. The summed E-state index contributed by atoms with van der Waals surface area (Å²) < 4.78 is 16.3. The van der Waals surface area contributed by atoms with Gasteiger partial charge in [0.15, 0.2) is 0 Å². The van der Waals surface area contributed by atoms with Gasteiger partial charge < -0.3 is 19.1 Å². The Morgan fingerprint density at radius 1 is 0.810 bits per heavy atom. The molecule has 0 aliphatic carbocycles. The molecule has 1 amide bonds. The number of hydrogen-bond acceptors (Lipinski definition) is 6. The summed E-state index contributed by atoms with van der Waals surface area (Å²) in [6.45, 7) is 6.94. The SMILES string of the molecule is C=CC(=O)OCCCCCCOc1ccc(C(=O)Oc2ccc(-c3ccc4c5c(cccc35)C(=O)N4CC)cc2)cc1. The van der Waals surface area contributed by atoms with Gasteiger partial charge in [-0.15, -0.1) is 0 Å². The third-order valence-corrected chi connectivity index (χ3v) is 7.29. The van der Waals surface area contributed by atoms with Crippen LogP contribution in [0, 0.1) is 0 Å². The molecule has 5 rings (SSSR count). The molecule has 4 aromatic rings. The minimum Gasteiger partial charge on any atom is -0.494 e.